The molecule has 0 spiro atoms. The summed E-state index contributed by atoms with van der Waals surface area (Å²) in [7, 11) is 0. The van der Waals surface area contributed by atoms with Gasteiger partial charge in [0.1, 0.15) is 5.41 Å². The van der Waals surface area contributed by atoms with Gasteiger partial charge in [0.05, 0.1) is 6.07 Å². The monoisotopic (exact) mass is 220 g/mol. The van der Waals surface area contributed by atoms with E-state index in [4.69, 9.17) is 0 Å². The normalized spacial score (nSPS) is 28.0. The lowest BCUT2D eigenvalue weighted by Gasteiger charge is -2.30. The standard InChI is InChI=1S/C13H20N2O/c1-2-11-6-5-9-15(11)12(16)13(10-14)7-3-4-8-13/h11H,2-9H2,1H3. The van der Waals surface area contributed by atoms with E-state index in [9.17, 15) is 10.1 Å². The van der Waals surface area contributed by atoms with Crippen molar-refractivity contribution in [3.05, 3.63) is 0 Å². The van der Waals surface area contributed by atoms with Gasteiger partial charge in [-0.25, -0.2) is 0 Å². The molecule has 2 aliphatic rings. The first kappa shape index (κ1) is 11.4. The Kier molecular flexibility index (Phi) is 3.18. The van der Waals surface area contributed by atoms with Crippen molar-refractivity contribution in [2.24, 2.45) is 5.41 Å². The maximum atomic E-state index is 12.5. The summed E-state index contributed by atoms with van der Waals surface area (Å²) in [4.78, 5) is 14.5. The van der Waals surface area contributed by atoms with Gasteiger partial charge in [-0.1, -0.05) is 19.8 Å². The fraction of sp³-hybridized carbons (Fsp3) is 0.846. The maximum Gasteiger partial charge on any atom is 0.243 e. The SMILES string of the molecule is CCC1CCCN1C(=O)C1(C#N)CCCC1. The van der Waals surface area contributed by atoms with Gasteiger partial charge in [0.25, 0.3) is 0 Å². The van der Waals surface area contributed by atoms with Crippen molar-refractivity contribution in [2.75, 3.05) is 6.54 Å². The second-order valence-corrected chi connectivity index (χ2v) is 5.10. The zero-order valence-electron chi connectivity index (χ0n) is 10.0. The van der Waals surface area contributed by atoms with Crippen LogP contribution in [0.25, 0.3) is 0 Å². The third-order valence-corrected chi connectivity index (χ3v) is 4.19. The van der Waals surface area contributed by atoms with Crippen LogP contribution in [0.5, 0.6) is 0 Å². The van der Waals surface area contributed by atoms with E-state index in [0.29, 0.717) is 6.04 Å². The van der Waals surface area contributed by atoms with E-state index in [2.05, 4.69) is 13.0 Å². The smallest absolute Gasteiger partial charge is 0.243 e. The summed E-state index contributed by atoms with van der Waals surface area (Å²) in [6.45, 7) is 2.99. The number of hydrogen-bond donors (Lipinski definition) is 0. The Morgan fingerprint density at radius 3 is 2.69 bits per heavy atom. The fourth-order valence-corrected chi connectivity index (χ4v) is 3.15. The lowest BCUT2D eigenvalue weighted by Crippen LogP contribution is -2.44. The van der Waals surface area contributed by atoms with Crippen LogP contribution in [0.2, 0.25) is 0 Å². The molecule has 0 bridgehead atoms. The van der Waals surface area contributed by atoms with Crippen molar-refractivity contribution in [3.63, 3.8) is 0 Å². The van der Waals surface area contributed by atoms with Crippen molar-refractivity contribution in [3.8, 4) is 6.07 Å². The second-order valence-electron chi connectivity index (χ2n) is 5.10. The lowest BCUT2D eigenvalue weighted by molar-refractivity contribution is -0.139. The number of amides is 1. The highest BCUT2D eigenvalue weighted by molar-refractivity contribution is 5.86. The Hall–Kier alpha value is -1.04. The van der Waals surface area contributed by atoms with Crippen LogP contribution in [0.3, 0.4) is 0 Å². The average Bonchev–Trinajstić information content (AvgIpc) is 2.97. The van der Waals surface area contributed by atoms with Gasteiger partial charge < -0.3 is 4.90 Å². The van der Waals surface area contributed by atoms with Crippen LogP contribution in [0.15, 0.2) is 0 Å². The quantitative estimate of drug-likeness (QED) is 0.717. The molecule has 2 fully saturated rings. The van der Waals surface area contributed by atoms with Crippen LogP contribution < -0.4 is 0 Å². The van der Waals surface area contributed by atoms with Gasteiger partial charge in [0, 0.05) is 12.6 Å². The highest BCUT2D eigenvalue weighted by atomic mass is 16.2. The van der Waals surface area contributed by atoms with E-state index in [1.807, 2.05) is 4.90 Å². The molecule has 1 heterocycles. The number of rotatable bonds is 2. The van der Waals surface area contributed by atoms with E-state index in [0.717, 1.165) is 51.5 Å². The Morgan fingerprint density at radius 2 is 2.12 bits per heavy atom. The molecule has 1 amide bonds. The summed E-state index contributed by atoms with van der Waals surface area (Å²) in [6, 6.07) is 2.69. The van der Waals surface area contributed by atoms with Crippen molar-refractivity contribution in [2.45, 2.75) is 57.9 Å². The molecule has 1 aliphatic carbocycles. The minimum absolute atomic E-state index is 0.122. The van der Waals surface area contributed by atoms with Crippen LogP contribution in [0.4, 0.5) is 0 Å². The first-order valence-electron chi connectivity index (χ1n) is 6.46. The Morgan fingerprint density at radius 1 is 1.44 bits per heavy atom. The topological polar surface area (TPSA) is 44.1 Å². The average molecular weight is 220 g/mol. The Labute approximate surface area is 97.4 Å². The molecular formula is C13H20N2O. The third kappa shape index (κ3) is 1.71. The minimum atomic E-state index is -0.669. The van der Waals surface area contributed by atoms with E-state index in [1.165, 1.54) is 0 Å². The molecular weight excluding hydrogens is 200 g/mol. The molecule has 1 unspecified atom stereocenters. The predicted molar refractivity (Wildman–Crippen MR) is 61.5 cm³/mol. The number of nitrogens with zero attached hydrogens (tertiary/aromatic N) is 2. The summed E-state index contributed by atoms with van der Waals surface area (Å²) in [5.41, 5.74) is -0.669. The number of carbonyl (C=O) groups excluding carboxylic acids is 1. The number of nitriles is 1. The number of carbonyl (C=O) groups is 1. The summed E-state index contributed by atoms with van der Waals surface area (Å²) in [5, 5.41) is 9.31. The highest BCUT2D eigenvalue weighted by Crippen LogP contribution is 2.40. The molecule has 2 rings (SSSR count). The molecule has 0 radical (unpaired) electrons. The van der Waals surface area contributed by atoms with Gasteiger partial charge in [-0.15, -0.1) is 0 Å². The van der Waals surface area contributed by atoms with E-state index >= 15 is 0 Å². The van der Waals surface area contributed by atoms with Crippen LogP contribution in [0.1, 0.15) is 51.9 Å². The lowest BCUT2D eigenvalue weighted by atomic mass is 9.86. The zero-order chi connectivity index (χ0) is 11.6. The van der Waals surface area contributed by atoms with E-state index in [1.54, 1.807) is 0 Å². The molecule has 3 nitrogen and oxygen atoms in total. The molecule has 0 aromatic carbocycles. The number of hydrogen-bond acceptors (Lipinski definition) is 2. The highest BCUT2D eigenvalue weighted by Gasteiger charge is 2.46. The van der Waals surface area contributed by atoms with Crippen LogP contribution >= 0.6 is 0 Å². The first-order valence-corrected chi connectivity index (χ1v) is 6.46. The second kappa shape index (κ2) is 4.45. The summed E-state index contributed by atoms with van der Waals surface area (Å²) >= 11 is 0. The summed E-state index contributed by atoms with van der Waals surface area (Å²) in [6.07, 6.45) is 6.85. The van der Waals surface area contributed by atoms with Gasteiger partial charge >= 0.3 is 0 Å². The van der Waals surface area contributed by atoms with Gasteiger partial charge in [-0.05, 0) is 32.1 Å². The fourth-order valence-electron chi connectivity index (χ4n) is 3.15. The summed E-state index contributed by atoms with van der Waals surface area (Å²) in [5.74, 6) is 0.122. The van der Waals surface area contributed by atoms with Gasteiger partial charge in [0.15, 0.2) is 0 Å². The van der Waals surface area contributed by atoms with Crippen LogP contribution in [-0.2, 0) is 4.79 Å². The van der Waals surface area contributed by atoms with E-state index < -0.39 is 5.41 Å². The molecule has 3 heteroatoms. The van der Waals surface area contributed by atoms with Gasteiger partial charge in [-0.2, -0.15) is 5.26 Å². The molecule has 1 saturated heterocycles. The molecule has 1 saturated carbocycles. The largest absolute Gasteiger partial charge is 0.338 e. The van der Waals surface area contributed by atoms with Crippen molar-refractivity contribution in [1.82, 2.24) is 4.90 Å². The Bertz CT molecular complexity index is 312. The van der Waals surface area contributed by atoms with Crippen molar-refractivity contribution >= 4 is 5.91 Å². The predicted octanol–water partition coefficient (Wildman–Crippen LogP) is 2.47. The summed E-state index contributed by atoms with van der Waals surface area (Å²) < 4.78 is 0. The maximum absolute atomic E-state index is 12.5. The molecule has 0 aromatic rings. The molecule has 16 heavy (non-hydrogen) atoms. The molecule has 88 valence electrons. The number of likely N-dealkylation sites (tertiary alicyclic amines) is 1. The van der Waals surface area contributed by atoms with Gasteiger partial charge in [-0.3, -0.25) is 4.79 Å². The van der Waals surface area contributed by atoms with Crippen molar-refractivity contribution in [1.29, 1.82) is 5.26 Å². The van der Waals surface area contributed by atoms with Gasteiger partial charge in [0.2, 0.25) is 5.91 Å². The van der Waals surface area contributed by atoms with Crippen molar-refractivity contribution < 1.29 is 4.79 Å². The van der Waals surface area contributed by atoms with Crippen LogP contribution in [-0.4, -0.2) is 23.4 Å². The molecule has 0 aromatic heterocycles. The van der Waals surface area contributed by atoms with Crippen LogP contribution in [0, 0.1) is 16.7 Å². The molecule has 1 aliphatic heterocycles. The van der Waals surface area contributed by atoms with E-state index in [-0.39, 0.29) is 5.91 Å². The zero-order valence-corrected chi connectivity index (χ0v) is 10.0. The minimum Gasteiger partial charge on any atom is -0.338 e. The third-order valence-electron chi connectivity index (χ3n) is 4.19. The molecule has 0 N–H and O–H groups in total. The first-order chi connectivity index (χ1) is 7.73. The molecule has 1 atom stereocenters. The Balaban J connectivity index is 2.14.